The number of nitrogens with one attached hydrogen (secondary N) is 1. The maximum atomic E-state index is 9.64. The van der Waals surface area contributed by atoms with Crippen LogP contribution in [0.2, 0.25) is 0 Å². The van der Waals surface area contributed by atoms with Crippen LogP contribution in [0.1, 0.15) is 34.1 Å². The van der Waals surface area contributed by atoms with Crippen molar-refractivity contribution in [2.75, 3.05) is 7.05 Å². The summed E-state index contributed by atoms with van der Waals surface area (Å²) in [6.07, 6.45) is 0.677. The minimum absolute atomic E-state index is 0.176. The van der Waals surface area contributed by atoms with Crippen LogP contribution < -0.4 is 5.32 Å². The zero-order chi connectivity index (χ0) is 9.72. The number of aliphatic hydroxyl groups is 1. The van der Waals surface area contributed by atoms with Crippen molar-refractivity contribution in [3.05, 3.63) is 0 Å². The molecule has 0 aliphatic rings. The number of aliphatic hydroxyl groups excluding tert-OH is 1. The molecule has 0 spiro atoms. The fraction of sp³-hybridized carbons (Fsp3) is 1.00. The standard InChI is InChI=1S/C10H23NO/c1-7(2)9(11-5)6-10(12)8(3)4/h7-12H,6H2,1-5H3. The van der Waals surface area contributed by atoms with E-state index in [1.54, 1.807) is 0 Å². The molecule has 0 rings (SSSR count). The van der Waals surface area contributed by atoms with Gasteiger partial charge < -0.3 is 10.4 Å². The molecule has 0 aromatic rings. The van der Waals surface area contributed by atoms with Crippen LogP contribution in [-0.2, 0) is 0 Å². The van der Waals surface area contributed by atoms with Crippen LogP contribution in [0.15, 0.2) is 0 Å². The summed E-state index contributed by atoms with van der Waals surface area (Å²) in [4.78, 5) is 0. The predicted octanol–water partition coefficient (Wildman–Crippen LogP) is 1.64. The minimum atomic E-state index is -0.176. The first-order valence-corrected chi connectivity index (χ1v) is 4.84. The molecule has 0 fully saturated rings. The maximum absolute atomic E-state index is 9.64. The van der Waals surface area contributed by atoms with Gasteiger partial charge in [-0.15, -0.1) is 0 Å². The highest BCUT2D eigenvalue weighted by Crippen LogP contribution is 2.13. The molecule has 12 heavy (non-hydrogen) atoms. The molecular weight excluding hydrogens is 150 g/mol. The first kappa shape index (κ1) is 11.9. The lowest BCUT2D eigenvalue weighted by Gasteiger charge is -2.24. The Morgan fingerprint density at radius 3 is 1.83 bits per heavy atom. The second-order valence-electron chi connectivity index (χ2n) is 4.19. The topological polar surface area (TPSA) is 32.3 Å². The second kappa shape index (κ2) is 5.55. The summed E-state index contributed by atoms with van der Waals surface area (Å²) in [7, 11) is 1.96. The number of hydrogen-bond acceptors (Lipinski definition) is 2. The van der Waals surface area contributed by atoms with E-state index >= 15 is 0 Å². The van der Waals surface area contributed by atoms with Gasteiger partial charge in [0.2, 0.25) is 0 Å². The third-order valence-corrected chi connectivity index (χ3v) is 2.44. The van der Waals surface area contributed by atoms with E-state index in [0.29, 0.717) is 17.9 Å². The molecule has 0 aliphatic carbocycles. The Kier molecular flexibility index (Phi) is 5.51. The molecule has 0 radical (unpaired) electrons. The summed E-state index contributed by atoms with van der Waals surface area (Å²) in [5.74, 6) is 0.947. The Morgan fingerprint density at radius 1 is 1.08 bits per heavy atom. The average Bonchev–Trinajstić information content (AvgIpc) is 1.98. The molecule has 2 heteroatoms. The first-order chi connectivity index (χ1) is 5.49. The van der Waals surface area contributed by atoms with Crippen LogP contribution >= 0.6 is 0 Å². The van der Waals surface area contributed by atoms with Crippen molar-refractivity contribution in [1.29, 1.82) is 0 Å². The summed E-state index contributed by atoms with van der Waals surface area (Å²) < 4.78 is 0. The van der Waals surface area contributed by atoms with Gasteiger partial charge in [0.05, 0.1) is 6.10 Å². The average molecular weight is 173 g/mol. The Labute approximate surface area is 76.4 Å². The minimum Gasteiger partial charge on any atom is -0.393 e. The monoisotopic (exact) mass is 173 g/mol. The largest absolute Gasteiger partial charge is 0.393 e. The number of hydrogen-bond donors (Lipinski definition) is 2. The summed E-state index contributed by atoms with van der Waals surface area (Å²) in [5.41, 5.74) is 0. The smallest absolute Gasteiger partial charge is 0.0578 e. The third-order valence-electron chi connectivity index (χ3n) is 2.44. The SMILES string of the molecule is CNC(CC(O)C(C)C)C(C)C. The van der Waals surface area contributed by atoms with Crippen molar-refractivity contribution in [2.45, 2.75) is 46.3 Å². The van der Waals surface area contributed by atoms with E-state index in [-0.39, 0.29) is 6.10 Å². The van der Waals surface area contributed by atoms with Crippen molar-refractivity contribution >= 4 is 0 Å². The molecule has 2 nitrogen and oxygen atoms in total. The molecule has 0 saturated heterocycles. The van der Waals surface area contributed by atoms with E-state index in [2.05, 4.69) is 33.0 Å². The molecule has 2 unspecified atom stereocenters. The fourth-order valence-corrected chi connectivity index (χ4v) is 1.26. The Bertz CT molecular complexity index is 112. The van der Waals surface area contributed by atoms with Crippen LogP contribution in [0, 0.1) is 11.8 Å². The van der Waals surface area contributed by atoms with Crippen LogP contribution in [-0.4, -0.2) is 24.3 Å². The van der Waals surface area contributed by atoms with Crippen molar-refractivity contribution < 1.29 is 5.11 Å². The van der Waals surface area contributed by atoms with Crippen LogP contribution in [0.3, 0.4) is 0 Å². The quantitative estimate of drug-likeness (QED) is 0.662. The van der Waals surface area contributed by atoms with Gasteiger partial charge in [-0.25, -0.2) is 0 Å². The normalized spacial score (nSPS) is 17.0. The maximum Gasteiger partial charge on any atom is 0.0578 e. The molecule has 0 aliphatic heterocycles. The van der Waals surface area contributed by atoms with Crippen LogP contribution in [0.25, 0.3) is 0 Å². The van der Waals surface area contributed by atoms with Gasteiger partial charge in [-0.05, 0) is 25.3 Å². The molecule has 0 amide bonds. The summed E-state index contributed by atoms with van der Waals surface area (Å²) in [6.45, 7) is 8.46. The molecule has 74 valence electrons. The van der Waals surface area contributed by atoms with Gasteiger partial charge in [0.1, 0.15) is 0 Å². The van der Waals surface area contributed by atoms with Crippen molar-refractivity contribution in [3.8, 4) is 0 Å². The van der Waals surface area contributed by atoms with E-state index in [0.717, 1.165) is 6.42 Å². The molecule has 0 saturated carbocycles. The molecule has 2 atom stereocenters. The Morgan fingerprint density at radius 2 is 1.58 bits per heavy atom. The lowest BCUT2D eigenvalue weighted by atomic mass is 9.93. The summed E-state index contributed by atoms with van der Waals surface area (Å²) >= 11 is 0. The van der Waals surface area contributed by atoms with Crippen LogP contribution in [0.5, 0.6) is 0 Å². The van der Waals surface area contributed by atoms with Gasteiger partial charge in [0, 0.05) is 6.04 Å². The van der Waals surface area contributed by atoms with Gasteiger partial charge in [-0.1, -0.05) is 27.7 Å². The van der Waals surface area contributed by atoms with Crippen molar-refractivity contribution in [2.24, 2.45) is 11.8 Å². The highest BCUT2D eigenvalue weighted by molar-refractivity contribution is 4.74. The molecular formula is C10H23NO. The number of rotatable bonds is 5. The second-order valence-corrected chi connectivity index (χ2v) is 4.19. The fourth-order valence-electron chi connectivity index (χ4n) is 1.26. The zero-order valence-corrected chi connectivity index (χ0v) is 8.96. The predicted molar refractivity (Wildman–Crippen MR) is 53.1 cm³/mol. The van der Waals surface area contributed by atoms with E-state index in [1.807, 2.05) is 7.05 Å². The highest BCUT2D eigenvalue weighted by Gasteiger charge is 2.17. The Hall–Kier alpha value is -0.0800. The van der Waals surface area contributed by atoms with Crippen molar-refractivity contribution in [1.82, 2.24) is 5.32 Å². The van der Waals surface area contributed by atoms with Gasteiger partial charge in [-0.2, -0.15) is 0 Å². The summed E-state index contributed by atoms with van der Waals surface area (Å²) in [6, 6.07) is 0.433. The third kappa shape index (κ3) is 4.07. The highest BCUT2D eigenvalue weighted by atomic mass is 16.3. The van der Waals surface area contributed by atoms with Crippen molar-refractivity contribution in [3.63, 3.8) is 0 Å². The zero-order valence-electron chi connectivity index (χ0n) is 8.96. The molecule has 0 bridgehead atoms. The van der Waals surface area contributed by atoms with Crippen LogP contribution in [0.4, 0.5) is 0 Å². The van der Waals surface area contributed by atoms with E-state index in [4.69, 9.17) is 0 Å². The van der Waals surface area contributed by atoms with E-state index in [9.17, 15) is 5.11 Å². The van der Waals surface area contributed by atoms with Gasteiger partial charge in [0.15, 0.2) is 0 Å². The first-order valence-electron chi connectivity index (χ1n) is 4.84. The van der Waals surface area contributed by atoms with Gasteiger partial charge >= 0.3 is 0 Å². The Balaban J connectivity index is 3.85. The lowest BCUT2D eigenvalue weighted by molar-refractivity contribution is 0.0976. The molecule has 2 N–H and O–H groups in total. The molecule has 0 aromatic heterocycles. The molecule has 0 heterocycles. The van der Waals surface area contributed by atoms with Gasteiger partial charge in [-0.3, -0.25) is 0 Å². The van der Waals surface area contributed by atoms with E-state index < -0.39 is 0 Å². The summed E-state index contributed by atoms with van der Waals surface area (Å²) in [5, 5.41) is 12.9. The lowest BCUT2D eigenvalue weighted by Crippen LogP contribution is -2.35. The van der Waals surface area contributed by atoms with E-state index in [1.165, 1.54) is 0 Å². The van der Waals surface area contributed by atoms with Gasteiger partial charge in [0.25, 0.3) is 0 Å². The molecule has 0 aromatic carbocycles.